The molecule has 2 aromatic heterocycles. The first-order chi connectivity index (χ1) is 10.8. The number of thiazole rings is 1. The number of hydrogen-bond acceptors (Lipinski definition) is 4. The molecule has 1 amide bonds. The van der Waals surface area contributed by atoms with Crippen LogP contribution in [0, 0.1) is 0 Å². The number of nitrogens with zero attached hydrogens (tertiary/aromatic N) is 1. The summed E-state index contributed by atoms with van der Waals surface area (Å²) in [5.74, 6) is 0.698. The Hall–Kier alpha value is -2.40. The van der Waals surface area contributed by atoms with Crippen molar-refractivity contribution >= 4 is 17.2 Å². The summed E-state index contributed by atoms with van der Waals surface area (Å²) in [4.78, 5) is 16.4. The van der Waals surface area contributed by atoms with Crippen molar-refractivity contribution in [3.63, 3.8) is 0 Å². The molecule has 112 valence electrons. The van der Waals surface area contributed by atoms with Gasteiger partial charge in [0.1, 0.15) is 5.76 Å². The van der Waals surface area contributed by atoms with Crippen LogP contribution in [0.15, 0.2) is 58.5 Å². The topological polar surface area (TPSA) is 55.1 Å². The Morgan fingerprint density at radius 1 is 1.18 bits per heavy atom. The Labute approximate surface area is 132 Å². The molecule has 0 unspecified atom stereocenters. The van der Waals surface area contributed by atoms with Gasteiger partial charge < -0.3 is 9.73 Å². The fourth-order valence-corrected chi connectivity index (χ4v) is 2.94. The minimum absolute atomic E-state index is 0.0482. The van der Waals surface area contributed by atoms with Gasteiger partial charge in [0.15, 0.2) is 0 Å². The number of hydrogen-bond donors (Lipinski definition) is 1. The molecular formula is C17H16N2O2S. The molecule has 1 N–H and O–H groups in total. The van der Waals surface area contributed by atoms with Gasteiger partial charge in [-0.3, -0.25) is 4.79 Å². The highest BCUT2D eigenvalue weighted by Gasteiger charge is 2.08. The number of furan rings is 1. The molecule has 0 aliphatic heterocycles. The summed E-state index contributed by atoms with van der Waals surface area (Å²) in [5.41, 5.74) is 2.04. The first kappa shape index (κ1) is 14.5. The van der Waals surface area contributed by atoms with Gasteiger partial charge in [-0.25, -0.2) is 4.98 Å². The van der Waals surface area contributed by atoms with E-state index in [2.05, 4.69) is 22.4 Å². The molecule has 0 aliphatic carbocycles. The first-order valence-corrected chi connectivity index (χ1v) is 7.94. The summed E-state index contributed by atoms with van der Waals surface area (Å²) in [6, 6.07) is 13.8. The average molecular weight is 312 g/mol. The van der Waals surface area contributed by atoms with E-state index in [4.69, 9.17) is 4.42 Å². The smallest absolute Gasteiger partial charge is 0.226 e. The fraction of sp³-hybridized carbons (Fsp3) is 0.176. The van der Waals surface area contributed by atoms with Crippen LogP contribution in [0.25, 0.3) is 0 Å². The van der Waals surface area contributed by atoms with Crippen molar-refractivity contribution in [3.05, 3.63) is 76.1 Å². The monoisotopic (exact) mass is 312 g/mol. The third kappa shape index (κ3) is 4.05. The van der Waals surface area contributed by atoms with Gasteiger partial charge in [-0.05, 0) is 17.7 Å². The Balaban J connectivity index is 1.51. The Bertz CT molecular complexity index is 720. The van der Waals surface area contributed by atoms with Crippen molar-refractivity contribution < 1.29 is 9.21 Å². The van der Waals surface area contributed by atoms with E-state index in [-0.39, 0.29) is 5.91 Å². The zero-order valence-corrected chi connectivity index (χ0v) is 12.8. The molecule has 22 heavy (non-hydrogen) atoms. The maximum absolute atomic E-state index is 11.9. The Kier molecular flexibility index (Phi) is 4.65. The van der Waals surface area contributed by atoms with E-state index >= 15 is 0 Å². The van der Waals surface area contributed by atoms with Crippen molar-refractivity contribution in [2.24, 2.45) is 0 Å². The molecule has 0 aliphatic rings. The summed E-state index contributed by atoms with van der Waals surface area (Å²) < 4.78 is 5.18. The SMILES string of the molecule is O=C(Cc1csc(Cc2ccccc2)n1)NCc1ccco1. The predicted octanol–water partition coefficient (Wildman–Crippen LogP) is 3.19. The highest BCUT2D eigenvalue weighted by Crippen LogP contribution is 2.15. The number of benzene rings is 1. The lowest BCUT2D eigenvalue weighted by atomic mass is 10.2. The predicted molar refractivity (Wildman–Crippen MR) is 85.6 cm³/mol. The van der Waals surface area contributed by atoms with Crippen molar-refractivity contribution in [2.75, 3.05) is 0 Å². The fourth-order valence-electron chi connectivity index (χ4n) is 2.11. The van der Waals surface area contributed by atoms with Crippen LogP contribution in [0.3, 0.4) is 0 Å². The second kappa shape index (κ2) is 7.04. The van der Waals surface area contributed by atoms with Gasteiger partial charge in [-0.2, -0.15) is 0 Å². The lowest BCUT2D eigenvalue weighted by Gasteiger charge is -2.01. The van der Waals surface area contributed by atoms with Gasteiger partial charge >= 0.3 is 0 Å². The normalized spacial score (nSPS) is 10.5. The van der Waals surface area contributed by atoms with Crippen LogP contribution in [0.5, 0.6) is 0 Å². The Morgan fingerprint density at radius 3 is 2.82 bits per heavy atom. The molecule has 0 atom stereocenters. The minimum Gasteiger partial charge on any atom is -0.467 e. The molecular weight excluding hydrogens is 296 g/mol. The highest BCUT2D eigenvalue weighted by atomic mass is 32.1. The molecule has 2 heterocycles. The van der Waals surface area contributed by atoms with E-state index in [1.54, 1.807) is 23.7 Å². The van der Waals surface area contributed by atoms with Crippen LogP contribution in [-0.4, -0.2) is 10.9 Å². The molecule has 0 saturated heterocycles. The van der Waals surface area contributed by atoms with Gasteiger partial charge in [0.2, 0.25) is 5.91 Å². The number of carbonyl (C=O) groups excluding carboxylic acids is 1. The number of nitrogens with one attached hydrogen (secondary N) is 1. The second-order valence-corrected chi connectivity index (χ2v) is 5.87. The molecule has 0 fully saturated rings. The van der Waals surface area contributed by atoms with E-state index in [0.29, 0.717) is 13.0 Å². The molecule has 4 nitrogen and oxygen atoms in total. The van der Waals surface area contributed by atoms with Gasteiger partial charge in [0, 0.05) is 11.8 Å². The molecule has 0 saturated carbocycles. The lowest BCUT2D eigenvalue weighted by Crippen LogP contribution is -2.24. The van der Waals surface area contributed by atoms with Crippen LogP contribution in [0.4, 0.5) is 0 Å². The third-order valence-electron chi connectivity index (χ3n) is 3.18. The van der Waals surface area contributed by atoms with Crippen molar-refractivity contribution in [1.82, 2.24) is 10.3 Å². The van der Waals surface area contributed by atoms with Crippen LogP contribution in [0.1, 0.15) is 22.0 Å². The van der Waals surface area contributed by atoms with E-state index in [1.165, 1.54) is 5.56 Å². The molecule has 0 bridgehead atoms. The molecule has 3 aromatic rings. The quantitative estimate of drug-likeness (QED) is 0.760. The van der Waals surface area contributed by atoms with Crippen molar-refractivity contribution in [1.29, 1.82) is 0 Å². The van der Waals surface area contributed by atoms with Crippen LogP contribution in [-0.2, 0) is 24.2 Å². The van der Waals surface area contributed by atoms with Gasteiger partial charge in [0.25, 0.3) is 0 Å². The van der Waals surface area contributed by atoms with Crippen molar-refractivity contribution in [2.45, 2.75) is 19.4 Å². The summed E-state index contributed by atoms with van der Waals surface area (Å²) in [7, 11) is 0. The van der Waals surface area contributed by atoms with Gasteiger partial charge in [-0.15, -0.1) is 11.3 Å². The Morgan fingerprint density at radius 2 is 2.05 bits per heavy atom. The molecule has 3 rings (SSSR count). The second-order valence-electron chi connectivity index (χ2n) is 4.93. The number of carbonyl (C=O) groups is 1. The van der Waals surface area contributed by atoms with E-state index in [0.717, 1.165) is 22.9 Å². The van der Waals surface area contributed by atoms with Crippen LogP contribution in [0.2, 0.25) is 0 Å². The standard InChI is InChI=1S/C17H16N2O2S/c20-16(18-11-15-7-4-8-21-15)10-14-12-22-17(19-14)9-13-5-2-1-3-6-13/h1-8,12H,9-11H2,(H,18,20). The van der Waals surface area contributed by atoms with Gasteiger partial charge in [-0.1, -0.05) is 30.3 Å². The zero-order valence-electron chi connectivity index (χ0n) is 12.0. The summed E-state index contributed by atoms with van der Waals surface area (Å²) in [6.07, 6.45) is 2.70. The summed E-state index contributed by atoms with van der Waals surface area (Å²) >= 11 is 1.59. The maximum Gasteiger partial charge on any atom is 0.226 e. The zero-order chi connectivity index (χ0) is 15.2. The number of rotatable bonds is 6. The average Bonchev–Trinajstić information content (AvgIpc) is 3.18. The molecule has 1 aromatic carbocycles. The largest absolute Gasteiger partial charge is 0.467 e. The van der Waals surface area contributed by atoms with E-state index < -0.39 is 0 Å². The third-order valence-corrected chi connectivity index (χ3v) is 4.08. The minimum atomic E-state index is -0.0482. The molecule has 5 heteroatoms. The molecule has 0 radical (unpaired) electrons. The van der Waals surface area contributed by atoms with Crippen molar-refractivity contribution in [3.8, 4) is 0 Å². The number of amides is 1. The van der Waals surface area contributed by atoms with Gasteiger partial charge in [0.05, 0.1) is 29.9 Å². The molecule has 0 spiro atoms. The van der Waals surface area contributed by atoms with E-state index in [9.17, 15) is 4.79 Å². The summed E-state index contributed by atoms with van der Waals surface area (Å²) in [6.45, 7) is 0.410. The lowest BCUT2D eigenvalue weighted by molar-refractivity contribution is -0.120. The van der Waals surface area contributed by atoms with Crippen LogP contribution >= 0.6 is 11.3 Å². The van der Waals surface area contributed by atoms with E-state index in [1.807, 2.05) is 29.6 Å². The van der Waals surface area contributed by atoms with Crippen LogP contribution < -0.4 is 5.32 Å². The first-order valence-electron chi connectivity index (χ1n) is 7.06. The number of aromatic nitrogens is 1. The highest BCUT2D eigenvalue weighted by molar-refractivity contribution is 7.09. The maximum atomic E-state index is 11.9. The summed E-state index contributed by atoms with van der Waals surface area (Å²) in [5, 5.41) is 5.80.